The Hall–Kier alpha value is -0.180. The Labute approximate surface area is 79.4 Å². The van der Waals surface area contributed by atoms with Crippen LogP contribution in [0.15, 0.2) is 16.6 Å². The standard InChI is InChI=1S/C7H9BrNO2P/c1-5-3-6(8)4-7(9-5)12(2,10)11/h3-4H,1-2H3,(H,10,11). The van der Waals surface area contributed by atoms with Gasteiger partial charge in [0.1, 0.15) is 5.44 Å². The maximum absolute atomic E-state index is 11.2. The lowest BCUT2D eigenvalue weighted by Crippen LogP contribution is -2.09. The van der Waals surface area contributed by atoms with Crippen LogP contribution >= 0.6 is 23.3 Å². The van der Waals surface area contributed by atoms with Crippen LogP contribution in [-0.4, -0.2) is 16.5 Å². The summed E-state index contributed by atoms with van der Waals surface area (Å²) in [5.41, 5.74) is 0.977. The normalized spacial score (nSPS) is 15.7. The Kier molecular flexibility index (Phi) is 2.71. The van der Waals surface area contributed by atoms with Gasteiger partial charge in [0.05, 0.1) is 0 Å². The molecule has 0 amide bonds. The summed E-state index contributed by atoms with van der Waals surface area (Å²) in [6.07, 6.45) is 0. The van der Waals surface area contributed by atoms with Gasteiger partial charge in [-0.15, -0.1) is 0 Å². The van der Waals surface area contributed by atoms with Crippen LogP contribution in [0.25, 0.3) is 0 Å². The number of rotatable bonds is 1. The quantitative estimate of drug-likeness (QED) is 0.771. The second kappa shape index (κ2) is 3.29. The average Bonchev–Trinajstić information content (AvgIpc) is 1.82. The van der Waals surface area contributed by atoms with Gasteiger partial charge in [-0.3, -0.25) is 4.57 Å². The summed E-state index contributed by atoms with van der Waals surface area (Å²) in [6, 6.07) is 3.35. The number of pyridine rings is 1. The molecule has 3 nitrogen and oxygen atoms in total. The number of aryl methyl sites for hydroxylation is 1. The Morgan fingerprint density at radius 2 is 2.17 bits per heavy atom. The summed E-state index contributed by atoms with van der Waals surface area (Å²) >= 11 is 3.23. The highest BCUT2D eigenvalue weighted by atomic mass is 79.9. The first kappa shape index (κ1) is 9.90. The molecule has 1 atom stereocenters. The molecule has 0 bridgehead atoms. The van der Waals surface area contributed by atoms with Crippen LogP contribution in [-0.2, 0) is 4.57 Å². The van der Waals surface area contributed by atoms with E-state index in [-0.39, 0.29) is 5.44 Å². The average molecular weight is 250 g/mol. The van der Waals surface area contributed by atoms with Gasteiger partial charge in [0.25, 0.3) is 0 Å². The number of nitrogens with zero attached hydrogens (tertiary/aromatic N) is 1. The highest BCUT2D eigenvalue weighted by Gasteiger charge is 2.15. The van der Waals surface area contributed by atoms with Crippen molar-refractivity contribution in [1.29, 1.82) is 0 Å². The van der Waals surface area contributed by atoms with Crippen molar-refractivity contribution in [2.24, 2.45) is 0 Å². The molecule has 0 radical (unpaired) electrons. The van der Waals surface area contributed by atoms with Crippen LogP contribution < -0.4 is 5.44 Å². The molecule has 0 aromatic carbocycles. The van der Waals surface area contributed by atoms with Gasteiger partial charge < -0.3 is 4.89 Å². The Morgan fingerprint density at radius 3 is 2.58 bits per heavy atom. The zero-order valence-corrected chi connectivity index (χ0v) is 9.26. The molecule has 1 aromatic heterocycles. The van der Waals surface area contributed by atoms with E-state index in [9.17, 15) is 9.46 Å². The largest absolute Gasteiger partial charge is 0.340 e. The first-order valence-corrected chi connectivity index (χ1v) is 6.24. The van der Waals surface area contributed by atoms with E-state index in [1.54, 1.807) is 19.1 Å². The molecule has 0 spiro atoms. The minimum Gasteiger partial charge on any atom is -0.340 e. The predicted molar refractivity (Wildman–Crippen MR) is 52.1 cm³/mol. The lowest BCUT2D eigenvalue weighted by Gasteiger charge is -2.05. The molecule has 1 unspecified atom stereocenters. The molecule has 1 aromatic rings. The Bertz CT molecular complexity index is 327. The van der Waals surface area contributed by atoms with Crippen molar-refractivity contribution in [2.75, 3.05) is 6.66 Å². The highest BCUT2D eigenvalue weighted by molar-refractivity contribution is 9.10. The maximum atomic E-state index is 11.2. The van der Waals surface area contributed by atoms with Gasteiger partial charge in [0.2, 0.25) is 7.37 Å². The van der Waals surface area contributed by atoms with Gasteiger partial charge in [-0.1, -0.05) is 15.9 Å². The molecule has 0 saturated heterocycles. The number of aromatic nitrogens is 1. The molecule has 5 heteroatoms. The van der Waals surface area contributed by atoms with Crippen LogP contribution in [0.3, 0.4) is 0 Å². The van der Waals surface area contributed by atoms with Crippen molar-refractivity contribution in [3.05, 3.63) is 22.3 Å². The van der Waals surface area contributed by atoms with Crippen molar-refractivity contribution in [3.63, 3.8) is 0 Å². The molecular formula is C7H9BrNO2P. The van der Waals surface area contributed by atoms with E-state index in [4.69, 9.17) is 0 Å². The molecule has 0 aliphatic rings. The molecule has 1 rings (SSSR count). The summed E-state index contributed by atoms with van der Waals surface area (Å²) < 4.78 is 12.0. The zero-order chi connectivity index (χ0) is 9.35. The molecule has 1 heterocycles. The maximum Gasteiger partial charge on any atom is 0.244 e. The zero-order valence-electron chi connectivity index (χ0n) is 6.78. The molecule has 1 N–H and O–H groups in total. The summed E-state index contributed by atoms with van der Waals surface area (Å²) in [5.74, 6) is 0. The predicted octanol–water partition coefficient (Wildman–Crippen LogP) is 1.68. The van der Waals surface area contributed by atoms with E-state index in [0.29, 0.717) is 0 Å². The second-order valence-electron chi connectivity index (χ2n) is 2.66. The highest BCUT2D eigenvalue weighted by Crippen LogP contribution is 2.33. The molecular weight excluding hydrogens is 241 g/mol. The Morgan fingerprint density at radius 1 is 1.58 bits per heavy atom. The summed E-state index contributed by atoms with van der Waals surface area (Å²) in [5, 5.41) is 0. The van der Waals surface area contributed by atoms with Gasteiger partial charge >= 0.3 is 0 Å². The number of hydrogen-bond acceptors (Lipinski definition) is 2. The SMILES string of the molecule is Cc1cc(Br)cc(P(C)(=O)O)n1. The van der Waals surface area contributed by atoms with Gasteiger partial charge in [0.15, 0.2) is 0 Å². The van der Waals surface area contributed by atoms with E-state index in [1.807, 2.05) is 0 Å². The van der Waals surface area contributed by atoms with Gasteiger partial charge in [-0.2, -0.15) is 0 Å². The third-order valence-electron chi connectivity index (χ3n) is 1.33. The van der Waals surface area contributed by atoms with Crippen molar-refractivity contribution in [3.8, 4) is 0 Å². The van der Waals surface area contributed by atoms with Crippen molar-refractivity contribution >= 4 is 28.7 Å². The van der Waals surface area contributed by atoms with Crippen LogP contribution in [0.5, 0.6) is 0 Å². The fourth-order valence-electron chi connectivity index (χ4n) is 0.822. The monoisotopic (exact) mass is 249 g/mol. The topological polar surface area (TPSA) is 50.2 Å². The van der Waals surface area contributed by atoms with E-state index >= 15 is 0 Å². The summed E-state index contributed by atoms with van der Waals surface area (Å²) in [6.45, 7) is 3.06. The second-order valence-corrected chi connectivity index (χ2v) is 5.80. The molecule has 66 valence electrons. The van der Waals surface area contributed by atoms with E-state index in [0.717, 1.165) is 10.2 Å². The fraction of sp³-hybridized carbons (Fsp3) is 0.286. The molecule has 12 heavy (non-hydrogen) atoms. The summed E-state index contributed by atoms with van der Waals surface area (Å²) in [4.78, 5) is 13.2. The van der Waals surface area contributed by atoms with Crippen LogP contribution in [0.2, 0.25) is 0 Å². The van der Waals surface area contributed by atoms with E-state index in [1.165, 1.54) is 6.66 Å². The molecule has 0 saturated carbocycles. The lowest BCUT2D eigenvalue weighted by atomic mass is 10.4. The Balaban J connectivity index is 3.27. The third-order valence-corrected chi connectivity index (χ3v) is 2.87. The van der Waals surface area contributed by atoms with Gasteiger partial charge in [0, 0.05) is 16.8 Å². The van der Waals surface area contributed by atoms with Crippen molar-refractivity contribution < 1.29 is 9.46 Å². The lowest BCUT2D eigenvalue weighted by molar-refractivity contribution is 0.495. The van der Waals surface area contributed by atoms with Crippen molar-refractivity contribution in [1.82, 2.24) is 4.98 Å². The van der Waals surface area contributed by atoms with Gasteiger partial charge in [-0.25, -0.2) is 4.98 Å². The molecule has 0 aliphatic carbocycles. The van der Waals surface area contributed by atoms with Crippen LogP contribution in [0, 0.1) is 6.92 Å². The number of halogens is 1. The minimum absolute atomic E-state index is 0.245. The van der Waals surface area contributed by atoms with Crippen LogP contribution in [0.4, 0.5) is 0 Å². The van der Waals surface area contributed by atoms with Crippen LogP contribution in [0.1, 0.15) is 5.69 Å². The minimum atomic E-state index is -3.21. The summed E-state index contributed by atoms with van der Waals surface area (Å²) in [7, 11) is -3.21. The number of hydrogen-bond donors (Lipinski definition) is 1. The first-order chi connectivity index (χ1) is 5.39. The van der Waals surface area contributed by atoms with E-state index < -0.39 is 7.37 Å². The first-order valence-electron chi connectivity index (χ1n) is 3.34. The molecule has 0 aliphatic heterocycles. The van der Waals surface area contributed by atoms with E-state index in [2.05, 4.69) is 20.9 Å². The smallest absolute Gasteiger partial charge is 0.244 e. The third kappa shape index (κ3) is 2.41. The molecule has 0 fully saturated rings. The van der Waals surface area contributed by atoms with Gasteiger partial charge in [-0.05, 0) is 19.1 Å². The fourth-order valence-corrected chi connectivity index (χ4v) is 2.27. The van der Waals surface area contributed by atoms with Crippen molar-refractivity contribution in [2.45, 2.75) is 6.92 Å².